The number of hydrogen-bond acceptors (Lipinski definition) is 16. The molecule has 0 bridgehead atoms. The summed E-state index contributed by atoms with van der Waals surface area (Å²) >= 11 is 5.96. The molecule has 0 spiro atoms. The van der Waals surface area contributed by atoms with Crippen LogP contribution < -0.4 is 34.3 Å². The molecular formula is C77H70ClN5O12S2. The number of likely N-dealkylation sites (N-methyl/N-ethyl adjacent to an activating group) is 1. The molecule has 2 N–H and O–H groups in total. The predicted molar refractivity (Wildman–Crippen MR) is 379 cm³/mol. The molecule has 17 nitrogen and oxygen atoms in total. The van der Waals surface area contributed by atoms with Crippen LogP contribution >= 0.6 is 11.6 Å². The van der Waals surface area contributed by atoms with Gasteiger partial charge in [-0.15, -0.1) is 0 Å². The van der Waals surface area contributed by atoms with Crippen LogP contribution in [-0.4, -0.2) is 92.0 Å². The molecule has 97 heavy (non-hydrogen) atoms. The van der Waals surface area contributed by atoms with E-state index in [4.69, 9.17) is 39.7 Å². The second-order valence-electron chi connectivity index (χ2n) is 21.6. The van der Waals surface area contributed by atoms with Gasteiger partial charge in [0, 0.05) is 95.6 Å². The smallest absolute Gasteiger partial charge is 0.263 e. The zero-order valence-electron chi connectivity index (χ0n) is 53.8. The van der Waals surface area contributed by atoms with Gasteiger partial charge in [0.2, 0.25) is 19.7 Å². The van der Waals surface area contributed by atoms with Gasteiger partial charge in [0.1, 0.15) is 27.9 Å². The third-order valence-electron chi connectivity index (χ3n) is 14.8. The van der Waals surface area contributed by atoms with Crippen LogP contribution in [0.15, 0.2) is 285 Å². The molecule has 7 aromatic carbocycles. The molecule has 1 saturated heterocycles. The fourth-order valence-corrected chi connectivity index (χ4v) is 13.0. The lowest BCUT2D eigenvalue weighted by Gasteiger charge is -2.26. The van der Waals surface area contributed by atoms with Gasteiger partial charge in [0.15, 0.2) is 28.8 Å². The number of furan rings is 1. The Morgan fingerprint density at radius 1 is 0.567 bits per heavy atom. The van der Waals surface area contributed by atoms with Gasteiger partial charge in [-0.05, 0) is 151 Å². The highest BCUT2D eigenvalue weighted by molar-refractivity contribution is 7.96. The second-order valence-corrected chi connectivity index (χ2v) is 25.9. The summed E-state index contributed by atoms with van der Waals surface area (Å²) in [5.41, 5.74) is 6.23. The molecule has 1 fully saturated rings. The van der Waals surface area contributed by atoms with Crippen molar-refractivity contribution in [2.45, 2.75) is 22.9 Å². The fourth-order valence-electron chi connectivity index (χ4n) is 10.0. The van der Waals surface area contributed by atoms with Gasteiger partial charge >= 0.3 is 0 Å². The number of hydrogen-bond donors (Lipinski definition) is 2. The van der Waals surface area contributed by atoms with Crippen molar-refractivity contribution in [1.29, 1.82) is 0 Å². The first-order valence-corrected chi connectivity index (χ1v) is 33.6. The molecule has 20 heteroatoms. The molecule has 10 aromatic rings. The number of ketones is 1. The number of carbonyl (C=O) groups is 2. The number of halogens is 1. The first kappa shape index (κ1) is 70.2. The standard InChI is InChI=1S/C27H22N2O4S.C26H21ClN2O3S.C24H27NO5/c30-27(29-20-22-10-8-16-28-19-22)26(34(31,32)25-14-5-2-6-15-25)18-21-9-7-13-24(17-21)33-23-11-3-1-4-12-23;1-19(29-18-20-6-5-15-28-17-20)26(33(30,31)24-7-3-2-4-8-24)16-23-13-14-25(32-23)21-9-11-22(27)12-10-21;1-25-14-18(12-16-8-6-10-20(27-2)23(16)29-4)22(26)19(15-25)13-17-9-7-11-21(28-3)24(17)30-5/h1-19H,20H2,(H,29,30);2-17,29H,1,18H2;6-13H,14-15H2,1-5H3/b26-18+;26-16-;18-12+,19-13+. The molecule has 0 aliphatic carbocycles. The second kappa shape index (κ2) is 33.8. The third kappa shape index (κ3) is 18.9. The van der Waals surface area contributed by atoms with Gasteiger partial charge in [-0.25, -0.2) is 16.8 Å². The summed E-state index contributed by atoms with van der Waals surface area (Å²) in [5, 5.41) is 6.42. The summed E-state index contributed by atoms with van der Waals surface area (Å²) in [7, 11) is 0.419. The van der Waals surface area contributed by atoms with Gasteiger partial charge in [0.25, 0.3) is 5.91 Å². The number of Topliss-reactive ketones (excluding diaryl/α,β-unsaturated/α-hetero) is 1. The van der Waals surface area contributed by atoms with E-state index in [0.717, 1.165) is 27.8 Å². The summed E-state index contributed by atoms with van der Waals surface area (Å²) in [6, 6.07) is 61.5. The normalized spacial score (nSPS) is 13.4. The van der Waals surface area contributed by atoms with Crippen LogP contribution in [0.3, 0.4) is 0 Å². The summed E-state index contributed by atoms with van der Waals surface area (Å²) in [6.07, 6.45) is 13.2. The number of carbonyl (C=O) groups excluding carboxylic acids is 2. The molecule has 3 aromatic heterocycles. The lowest BCUT2D eigenvalue weighted by Crippen LogP contribution is -2.34. The molecule has 0 atom stereocenters. The highest BCUT2D eigenvalue weighted by Gasteiger charge is 2.29. The van der Waals surface area contributed by atoms with E-state index in [2.05, 4.69) is 32.1 Å². The van der Waals surface area contributed by atoms with Crippen molar-refractivity contribution in [2.24, 2.45) is 0 Å². The SMILES string of the molecule is C=C(NCc1cccnc1)/C(=C/c1ccc(-c2ccc(Cl)cc2)o1)S(=O)(=O)c1ccccc1.COc1cccc(/C=C2\CN(C)C/C(=C\c3cccc(OC)c3OC)C2=O)c1OC.O=C(NCc1cccnc1)/C(=C\c1cccc(Oc2ccccc2)c1)S(=O)(=O)c1ccccc1. The molecule has 0 unspecified atom stereocenters. The number of nitrogens with one attached hydrogen (secondary N) is 2. The number of para-hydroxylation sites is 3. The average Bonchev–Trinajstić information content (AvgIpc) is 1.70. The van der Waals surface area contributed by atoms with E-state index in [9.17, 15) is 26.4 Å². The van der Waals surface area contributed by atoms with Crippen LogP contribution in [0.5, 0.6) is 34.5 Å². The van der Waals surface area contributed by atoms with E-state index >= 15 is 0 Å². The molecule has 1 amide bonds. The third-order valence-corrected chi connectivity index (χ3v) is 18.6. The van der Waals surface area contributed by atoms with Crippen LogP contribution in [0.25, 0.3) is 35.6 Å². The molecule has 4 heterocycles. The van der Waals surface area contributed by atoms with E-state index in [-0.39, 0.29) is 37.6 Å². The molecule has 1 aliphatic heterocycles. The lowest BCUT2D eigenvalue weighted by atomic mass is 9.94. The maximum Gasteiger partial charge on any atom is 0.263 e. The zero-order chi connectivity index (χ0) is 68.7. The number of amides is 1. The predicted octanol–water partition coefficient (Wildman–Crippen LogP) is 14.8. The van der Waals surface area contributed by atoms with Crippen LogP contribution in [0.2, 0.25) is 5.02 Å². The monoisotopic (exact) mass is 1360 g/mol. The number of methoxy groups -OCH3 is 4. The van der Waals surface area contributed by atoms with Crippen molar-refractivity contribution >= 4 is 67.3 Å². The largest absolute Gasteiger partial charge is 0.493 e. The number of sulfone groups is 2. The minimum absolute atomic E-state index is 0.00264. The number of rotatable bonds is 22. The van der Waals surface area contributed by atoms with Gasteiger partial charge in [0.05, 0.1) is 43.1 Å². The Morgan fingerprint density at radius 2 is 1.07 bits per heavy atom. The highest BCUT2D eigenvalue weighted by Crippen LogP contribution is 2.36. The summed E-state index contributed by atoms with van der Waals surface area (Å²) < 4.78 is 87.3. The minimum Gasteiger partial charge on any atom is -0.493 e. The first-order valence-electron chi connectivity index (χ1n) is 30.3. The lowest BCUT2D eigenvalue weighted by molar-refractivity contribution is -0.117. The number of likely N-dealkylation sites (tertiary alicyclic amines) is 1. The van der Waals surface area contributed by atoms with E-state index in [1.165, 1.54) is 24.3 Å². The maximum atomic E-state index is 13.5. The van der Waals surface area contributed by atoms with Crippen LogP contribution in [0.1, 0.15) is 33.6 Å². The molecule has 11 rings (SSSR count). The van der Waals surface area contributed by atoms with Gasteiger partial charge in [-0.2, -0.15) is 0 Å². The van der Waals surface area contributed by atoms with Crippen molar-refractivity contribution in [2.75, 3.05) is 48.6 Å². The molecule has 0 saturated carbocycles. The average molecular weight is 1360 g/mol. The summed E-state index contributed by atoms with van der Waals surface area (Å²) in [4.78, 5) is 36.5. The number of pyridine rings is 2. The van der Waals surface area contributed by atoms with E-state index in [1.807, 2.05) is 110 Å². The number of benzene rings is 7. The summed E-state index contributed by atoms with van der Waals surface area (Å²) in [6.45, 7) is 5.61. The number of ether oxygens (including phenoxy) is 5. The summed E-state index contributed by atoms with van der Waals surface area (Å²) in [5.74, 6) is 3.91. The van der Waals surface area contributed by atoms with E-state index in [1.54, 1.807) is 162 Å². The Balaban J connectivity index is 0.000000171. The Bertz CT molecular complexity index is 4630. The van der Waals surface area contributed by atoms with Crippen LogP contribution in [-0.2, 0) is 42.4 Å². The van der Waals surface area contributed by atoms with Crippen molar-refractivity contribution < 1.29 is 54.5 Å². The number of piperidine rings is 1. The van der Waals surface area contributed by atoms with Crippen molar-refractivity contribution in [3.05, 3.63) is 309 Å². The van der Waals surface area contributed by atoms with Crippen molar-refractivity contribution in [3.63, 3.8) is 0 Å². The van der Waals surface area contributed by atoms with E-state index in [0.29, 0.717) is 87.4 Å². The first-order chi connectivity index (χ1) is 47.0. The highest BCUT2D eigenvalue weighted by atomic mass is 35.5. The maximum absolute atomic E-state index is 13.5. The fraction of sp³-hybridized carbons (Fsp3) is 0.117. The van der Waals surface area contributed by atoms with Crippen LogP contribution in [0.4, 0.5) is 0 Å². The minimum atomic E-state index is -4.08. The van der Waals surface area contributed by atoms with Crippen molar-refractivity contribution in [3.8, 4) is 45.8 Å². The number of aromatic nitrogens is 2. The van der Waals surface area contributed by atoms with Gasteiger partial charge in [-0.3, -0.25) is 24.5 Å². The Kier molecular flexibility index (Phi) is 24.5. The Hall–Kier alpha value is -11.1. The zero-order valence-corrected chi connectivity index (χ0v) is 56.2. The molecular weight excluding hydrogens is 1290 g/mol. The Morgan fingerprint density at radius 3 is 1.59 bits per heavy atom. The van der Waals surface area contributed by atoms with E-state index < -0.39 is 25.6 Å². The van der Waals surface area contributed by atoms with Crippen LogP contribution in [0, 0.1) is 0 Å². The molecule has 494 valence electrons. The quantitative estimate of drug-likeness (QED) is 0.0477. The number of nitrogens with zero attached hydrogens (tertiary/aromatic N) is 3. The van der Waals surface area contributed by atoms with Crippen molar-refractivity contribution in [1.82, 2.24) is 25.5 Å². The molecule has 1 aliphatic rings. The molecule has 0 radical (unpaired) electrons. The van der Waals surface area contributed by atoms with Gasteiger partial charge in [-0.1, -0.05) is 121 Å². The topological polar surface area (TPSA) is 215 Å². The Labute approximate surface area is 570 Å². The van der Waals surface area contributed by atoms with Gasteiger partial charge < -0.3 is 38.7 Å².